The van der Waals surface area contributed by atoms with Crippen molar-refractivity contribution >= 4 is 62.3 Å². The third-order valence-corrected chi connectivity index (χ3v) is 6.23. The molecule has 0 spiro atoms. The molecule has 6 nitrogen and oxygen atoms in total. The molecule has 0 aliphatic rings. The van der Waals surface area contributed by atoms with Gasteiger partial charge >= 0.3 is 0 Å². The van der Waals surface area contributed by atoms with Gasteiger partial charge in [0, 0.05) is 55.7 Å². The molecule has 0 radical (unpaired) electrons. The number of nitrogens with zero attached hydrogens (tertiary/aromatic N) is 3. The molecular weight excluding hydrogens is 531 g/mol. The van der Waals surface area contributed by atoms with E-state index in [0.29, 0.717) is 21.7 Å². The Hall–Kier alpha value is -1.87. The zero-order chi connectivity index (χ0) is 22.8. The van der Waals surface area contributed by atoms with E-state index in [1.54, 1.807) is 6.20 Å². The zero-order valence-corrected chi connectivity index (χ0v) is 21.4. The van der Waals surface area contributed by atoms with Crippen LogP contribution in [0, 0.1) is 0 Å². The fraction of sp³-hybridized carbons (Fsp3) is 0.318. The standard InChI is InChI=1S/C22H25BrCl2N6S/c23-17-4-6-21(30-14-17)31(15-16-3-5-18(24)19(25)13-16)12-2-1-8-28-22(32)29-9-7-20-26-10-11-27-20/h3-6,10-11,13-14H,1-2,7-9,12,15H2,(H,26,27)(H2,28,29,32). The van der Waals surface area contributed by atoms with Gasteiger partial charge in [0.05, 0.1) is 10.0 Å². The fourth-order valence-electron chi connectivity index (χ4n) is 3.11. The van der Waals surface area contributed by atoms with Crippen molar-refractivity contribution in [3.05, 3.63) is 74.8 Å². The minimum Gasteiger partial charge on any atom is -0.363 e. The number of thiocarbonyl (C=S) groups is 1. The number of aromatic amines is 1. The lowest BCUT2D eigenvalue weighted by Crippen LogP contribution is -2.37. The Balaban J connectivity index is 1.44. The Bertz CT molecular complexity index is 985. The molecule has 0 atom stereocenters. The van der Waals surface area contributed by atoms with E-state index in [2.05, 4.69) is 46.4 Å². The van der Waals surface area contributed by atoms with Crippen LogP contribution in [0.5, 0.6) is 0 Å². The minimum absolute atomic E-state index is 0.559. The molecule has 3 N–H and O–H groups in total. The largest absolute Gasteiger partial charge is 0.363 e. The summed E-state index contributed by atoms with van der Waals surface area (Å²) in [4.78, 5) is 14.1. The van der Waals surface area contributed by atoms with Crippen LogP contribution in [0.3, 0.4) is 0 Å². The van der Waals surface area contributed by atoms with E-state index in [9.17, 15) is 0 Å². The van der Waals surface area contributed by atoms with Gasteiger partial charge in [0.15, 0.2) is 5.11 Å². The molecule has 0 saturated heterocycles. The lowest BCUT2D eigenvalue weighted by atomic mass is 10.2. The predicted molar refractivity (Wildman–Crippen MR) is 140 cm³/mol. The van der Waals surface area contributed by atoms with E-state index >= 15 is 0 Å². The van der Waals surface area contributed by atoms with E-state index in [0.717, 1.165) is 60.6 Å². The van der Waals surface area contributed by atoms with Crippen molar-refractivity contribution in [2.24, 2.45) is 0 Å². The van der Waals surface area contributed by atoms with Crippen LogP contribution in [0.4, 0.5) is 5.82 Å². The van der Waals surface area contributed by atoms with Crippen molar-refractivity contribution in [1.82, 2.24) is 25.6 Å². The smallest absolute Gasteiger partial charge is 0.166 e. The van der Waals surface area contributed by atoms with Crippen LogP contribution in [-0.2, 0) is 13.0 Å². The summed E-state index contributed by atoms with van der Waals surface area (Å²) in [7, 11) is 0. The lowest BCUT2D eigenvalue weighted by Gasteiger charge is -2.24. The number of benzene rings is 1. The third-order valence-electron chi connectivity index (χ3n) is 4.74. The van der Waals surface area contributed by atoms with E-state index in [-0.39, 0.29) is 0 Å². The number of H-pyrrole nitrogens is 1. The molecule has 0 aliphatic heterocycles. The van der Waals surface area contributed by atoms with Crippen LogP contribution in [0.15, 0.2) is 53.4 Å². The van der Waals surface area contributed by atoms with Crippen LogP contribution in [0.2, 0.25) is 10.0 Å². The monoisotopic (exact) mass is 554 g/mol. The second kappa shape index (κ2) is 13.0. The van der Waals surface area contributed by atoms with Crippen molar-refractivity contribution in [2.45, 2.75) is 25.8 Å². The van der Waals surface area contributed by atoms with Crippen molar-refractivity contribution in [3.63, 3.8) is 0 Å². The molecule has 2 heterocycles. The van der Waals surface area contributed by atoms with Gasteiger partial charge in [0.1, 0.15) is 11.6 Å². The molecule has 32 heavy (non-hydrogen) atoms. The molecule has 0 unspecified atom stereocenters. The summed E-state index contributed by atoms with van der Waals surface area (Å²) >= 11 is 21.1. The van der Waals surface area contributed by atoms with Crippen molar-refractivity contribution in [3.8, 4) is 0 Å². The molecule has 0 fully saturated rings. The van der Waals surface area contributed by atoms with Crippen LogP contribution < -0.4 is 15.5 Å². The van der Waals surface area contributed by atoms with Crippen LogP contribution in [-0.4, -0.2) is 39.7 Å². The number of pyridine rings is 1. The molecule has 10 heteroatoms. The highest BCUT2D eigenvalue weighted by atomic mass is 79.9. The van der Waals surface area contributed by atoms with Gasteiger partial charge in [-0.15, -0.1) is 0 Å². The average molecular weight is 556 g/mol. The molecule has 0 bridgehead atoms. The van der Waals surface area contributed by atoms with Crippen molar-refractivity contribution < 1.29 is 0 Å². The Morgan fingerprint density at radius 1 is 1.06 bits per heavy atom. The second-order valence-electron chi connectivity index (χ2n) is 7.18. The first-order valence-electron chi connectivity index (χ1n) is 10.3. The summed E-state index contributed by atoms with van der Waals surface area (Å²) in [6.45, 7) is 3.11. The second-order valence-corrected chi connectivity index (χ2v) is 9.32. The van der Waals surface area contributed by atoms with Crippen molar-refractivity contribution in [1.29, 1.82) is 0 Å². The Kier molecular flexibility index (Phi) is 10.1. The summed E-state index contributed by atoms with van der Waals surface area (Å²) in [5, 5.41) is 8.26. The van der Waals surface area contributed by atoms with E-state index < -0.39 is 0 Å². The van der Waals surface area contributed by atoms with Gasteiger partial charge < -0.3 is 20.5 Å². The molecule has 0 amide bonds. The van der Waals surface area contributed by atoms with E-state index in [1.807, 2.05) is 42.7 Å². The SMILES string of the molecule is S=C(NCCCCN(Cc1ccc(Cl)c(Cl)c1)c1ccc(Br)cn1)NCCc1ncc[nH]1. The average Bonchev–Trinajstić information content (AvgIpc) is 3.29. The first-order valence-corrected chi connectivity index (χ1v) is 12.3. The van der Waals surface area contributed by atoms with E-state index in [1.165, 1.54) is 0 Å². The number of unbranched alkanes of at least 4 members (excludes halogenated alkanes) is 1. The summed E-state index contributed by atoms with van der Waals surface area (Å²) in [6, 6.07) is 9.74. The Morgan fingerprint density at radius 2 is 1.91 bits per heavy atom. The summed E-state index contributed by atoms with van der Waals surface area (Å²) < 4.78 is 0.952. The van der Waals surface area contributed by atoms with Gasteiger partial charge in [0.2, 0.25) is 0 Å². The first-order chi connectivity index (χ1) is 15.5. The number of imidazole rings is 1. The number of hydrogen-bond acceptors (Lipinski definition) is 4. The molecule has 0 saturated carbocycles. The van der Waals surface area contributed by atoms with Crippen LogP contribution in [0.25, 0.3) is 0 Å². The quantitative estimate of drug-likeness (QED) is 0.218. The number of nitrogens with one attached hydrogen (secondary N) is 3. The van der Waals surface area contributed by atoms with Gasteiger partial charge in [-0.05, 0) is 70.8 Å². The third kappa shape index (κ3) is 8.24. The summed E-state index contributed by atoms with van der Waals surface area (Å²) in [6.07, 6.45) is 8.15. The van der Waals surface area contributed by atoms with Gasteiger partial charge in [0.25, 0.3) is 0 Å². The molecule has 2 aromatic heterocycles. The highest BCUT2D eigenvalue weighted by molar-refractivity contribution is 9.10. The zero-order valence-electron chi connectivity index (χ0n) is 17.5. The first kappa shape index (κ1) is 24.8. The normalized spacial score (nSPS) is 10.7. The number of aromatic nitrogens is 3. The maximum Gasteiger partial charge on any atom is 0.166 e. The molecule has 3 aromatic rings. The Labute approximate surface area is 212 Å². The molecule has 0 aliphatic carbocycles. The molecule has 170 valence electrons. The highest BCUT2D eigenvalue weighted by Crippen LogP contribution is 2.25. The van der Waals surface area contributed by atoms with Gasteiger partial charge in [-0.3, -0.25) is 0 Å². The number of halogens is 3. The van der Waals surface area contributed by atoms with Gasteiger partial charge in [-0.2, -0.15) is 0 Å². The minimum atomic E-state index is 0.559. The van der Waals surface area contributed by atoms with Crippen LogP contribution in [0.1, 0.15) is 24.2 Å². The van der Waals surface area contributed by atoms with Gasteiger partial charge in [-0.25, -0.2) is 9.97 Å². The maximum absolute atomic E-state index is 6.20. The molecular formula is C22H25BrCl2N6S. The summed E-state index contributed by atoms with van der Waals surface area (Å²) in [5.74, 6) is 1.87. The summed E-state index contributed by atoms with van der Waals surface area (Å²) in [5.41, 5.74) is 1.09. The lowest BCUT2D eigenvalue weighted by molar-refractivity contribution is 0.662. The number of anilines is 1. The maximum atomic E-state index is 6.20. The highest BCUT2D eigenvalue weighted by Gasteiger charge is 2.10. The molecule has 3 rings (SSSR count). The van der Waals surface area contributed by atoms with Gasteiger partial charge in [-0.1, -0.05) is 29.3 Å². The number of hydrogen-bond donors (Lipinski definition) is 3. The topological polar surface area (TPSA) is 68.9 Å². The van der Waals surface area contributed by atoms with Crippen LogP contribution >= 0.6 is 51.3 Å². The fourth-order valence-corrected chi connectivity index (χ4v) is 3.87. The van der Waals surface area contributed by atoms with E-state index in [4.69, 9.17) is 35.4 Å². The number of rotatable bonds is 11. The molecule has 1 aromatic carbocycles. The van der Waals surface area contributed by atoms with Crippen molar-refractivity contribution in [2.75, 3.05) is 24.5 Å². The predicted octanol–water partition coefficient (Wildman–Crippen LogP) is 5.37. The Morgan fingerprint density at radius 3 is 2.62 bits per heavy atom.